The van der Waals surface area contributed by atoms with Gasteiger partial charge >= 0.3 is 0 Å². The lowest BCUT2D eigenvalue weighted by atomic mass is 9.75. The van der Waals surface area contributed by atoms with E-state index in [4.69, 9.17) is 0 Å². The van der Waals surface area contributed by atoms with Crippen molar-refractivity contribution in [2.24, 2.45) is 11.3 Å². The normalized spacial score (nSPS) is 23.0. The van der Waals surface area contributed by atoms with Crippen molar-refractivity contribution in [2.45, 2.75) is 33.6 Å². The first-order valence-electron chi connectivity index (χ1n) is 7.68. The van der Waals surface area contributed by atoms with Gasteiger partial charge in [-0.15, -0.1) is 0 Å². The number of hydrogen-bond donors (Lipinski definition) is 2. The number of nitrogens with zero attached hydrogens (tertiary/aromatic N) is 1. The second kappa shape index (κ2) is 7.56. The molecule has 0 aliphatic carbocycles. The van der Waals surface area contributed by atoms with E-state index >= 15 is 0 Å². The molecule has 0 aromatic carbocycles. The molecular weight excluding hydrogens is 290 g/mol. The van der Waals surface area contributed by atoms with Gasteiger partial charge in [-0.2, -0.15) is 0 Å². The number of carbonyl (C=O) groups is 1. The summed E-state index contributed by atoms with van der Waals surface area (Å²) in [4.78, 5) is 12.4. The van der Waals surface area contributed by atoms with Gasteiger partial charge in [-0.1, -0.05) is 20.8 Å². The Morgan fingerprint density at radius 1 is 1.43 bits per heavy atom. The fourth-order valence-corrected chi connectivity index (χ4v) is 3.78. The summed E-state index contributed by atoms with van der Waals surface area (Å²) in [7, 11) is -3.15. The minimum absolute atomic E-state index is 0.0879. The molecule has 0 radical (unpaired) electrons. The third-order valence-electron chi connectivity index (χ3n) is 4.44. The maximum Gasteiger partial charge on any atom is 0.227 e. The van der Waals surface area contributed by atoms with Crippen LogP contribution >= 0.6 is 0 Å². The average Bonchev–Trinajstić information content (AvgIpc) is 2.87. The van der Waals surface area contributed by atoms with Crippen LogP contribution in [0.1, 0.15) is 33.6 Å². The molecule has 21 heavy (non-hydrogen) atoms. The van der Waals surface area contributed by atoms with Crippen molar-refractivity contribution in [3.05, 3.63) is 0 Å². The summed E-state index contributed by atoms with van der Waals surface area (Å²) >= 11 is 0. The van der Waals surface area contributed by atoms with E-state index in [0.717, 1.165) is 19.5 Å². The van der Waals surface area contributed by atoms with E-state index in [0.29, 0.717) is 26.1 Å². The summed E-state index contributed by atoms with van der Waals surface area (Å²) in [6.45, 7) is 9.00. The predicted octanol–water partition coefficient (Wildman–Crippen LogP) is 0.410. The van der Waals surface area contributed by atoms with Crippen LogP contribution in [0.3, 0.4) is 0 Å². The molecule has 0 aromatic rings. The summed E-state index contributed by atoms with van der Waals surface area (Å²) in [6.07, 6.45) is 2.71. The quantitative estimate of drug-likeness (QED) is 0.635. The van der Waals surface area contributed by atoms with Gasteiger partial charge in [-0.25, -0.2) is 12.7 Å². The predicted molar refractivity (Wildman–Crippen MR) is 84.5 cm³/mol. The summed E-state index contributed by atoms with van der Waals surface area (Å²) in [5, 5.41) is 6.24. The molecule has 124 valence electrons. The van der Waals surface area contributed by atoms with Gasteiger partial charge in [-0.3, -0.25) is 4.79 Å². The van der Waals surface area contributed by atoms with Crippen LogP contribution < -0.4 is 10.6 Å². The van der Waals surface area contributed by atoms with Gasteiger partial charge in [0.1, 0.15) is 0 Å². The molecule has 1 aliphatic rings. The molecule has 0 saturated carbocycles. The fraction of sp³-hybridized carbons (Fsp3) is 0.929. The fourth-order valence-electron chi connectivity index (χ4n) is 2.85. The van der Waals surface area contributed by atoms with Gasteiger partial charge in [0.25, 0.3) is 0 Å². The van der Waals surface area contributed by atoms with Crippen molar-refractivity contribution in [3.63, 3.8) is 0 Å². The Morgan fingerprint density at radius 2 is 2.10 bits per heavy atom. The highest BCUT2D eigenvalue weighted by Gasteiger charge is 2.43. The molecule has 0 bridgehead atoms. The third-order valence-corrected chi connectivity index (χ3v) is 5.82. The zero-order valence-corrected chi connectivity index (χ0v) is 14.4. The van der Waals surface area contributed by atoms with Crippen molar-refractivity contribution < 1.29 is 13.2 Å². The number of carbonyl (C=O) groups excluding carboxylic acids is 1. The molecule has 1 aliphatic heterocycles. The summed E-state index contributed by atoms with van der Waals surface area (Å²) in [5.74, 6) is 0.376. The van der Waals surface area contributed by atoms with E-state index < -0.39 is 10.0 Å². The molecule has 7 heteroatoms. The van der Waals surface area contributed by atoms with Crippen LogP contribution in [0.15, 0.2) is 0 Å². The Bertz CT molecular complexity index is 442. The van der Waals surface area contributed by atoms with Crippen LogP contribution in [0.5, 0.6) is 0 Å². The van der Waals surface area contributed by atoms with E-state index in [9.17, 15) is 13.2 Å². The Kier molecular flexibility index (Phi) is 6.62. The standard InChI is InChI=1S/C14H29N3O3S/c1-5-17(21(4,19)20)10-6-8-16-13(18)14(12(2)3)7-9-15-11-14/h12,15H,5-11H2,1-4H3,(H,16,18). The van der Waals surface area contributed by atoms with Gasteiger partial charge < -0.3 is 10.6 Å². The molecule has 6 nitrogen and oxygen atoms in total. The number of hydrogen-bond acceptors (Lipinski definition) is 4. The number of nitrogens with one attached hydrogen (secondary N) is 2. The lowest BCUT2D eigenvalue weighted by Crippen LogP contribution is -2.46. The average molecular weight is 319 g/mol. The number of sulfonamides is 1. The Balaban J connectivity index is 2.43. The largest absolute Gasteiger partial charge is 0.356 e. The summed E-state index contributed by atoms with van der Waals surface area (Å²) in [5.41, 5.74) is -0.318. The summed E-state index contributed by atoms with van der Waals surface area (Å²) < 4.78 is 24.4. The first-order chi connectivity index (χ1) is 9.74. The van der Waals surface area contributed by atoms with Gasteiger partial charge in [0.15, 0.2) is 0 Å². The molecule has 0 aromatic heterocycles. The maximum atomic E-state index is 12.4. The smallest absolute Gasteiger partial charge is 0.227 e. The van der Waals surface area contributed by atoms with E-state index in [1.54, 1.807) is 0 Å². The van der Waals surface area contributed by atoms with Crippen molar-refractivity contribution in [3.8, 4) is 0 Å². The minimum Gasteiger partial charge on any atom is -0.356 e. The lowest BCUT2D eigenvalue weighted by molar-refractivity contribution is -0.132. The molecule has 1 fully saturated rings. The monoisotopic (exact) mass is 319 g/mol. The zero-order chi connectivity index (χ0) is 16.1. The van der Waals surface area contributed by atoms with Crippen LogP contribution in [-0.4, -0.2) is 57.6 Å². The van der Waals surface area contributed by atoms with E-state index in [1.165, 1.54) is 10.6 Å². The third kappa shape index (κ3) is 4.66. The zero-order valence-electron chi connectivity index (χ0n) is 13.6. The topological polar surface area (TPSA) is 78.5 Å². The molecule has 1 unspecified atom stereocenters. The highest BCUT2D eigenvalue weighted by molar-refractivity contribution is 7.88. The highest BCUT2D eigenvalue weighted by Crippen LogP contribution is 2.34. The van der Waals surface area contributed by atoms with Crippen LogP contribution in [-0.2, 0) is 14.8 Å². The van der Waals surface area contributed by atoms with Gasteiger partial charge in [0, 0.05) is 26.2 Å². The summed E-state index contributed by atoms with van der Waals surface area (Å²) in [6, 6.07) is 0. The second-order valence-corrected chi connectivity index (χ2v) is 8.08. The van der Waals surface area contributed by atoms with E-state index in [-0.39, 0.29) is 17.2 Å². The van der Waals surface area contributed by atoms with E-state index in [2.05, 4.69) is 24.5 Å². The first-order valence-corrected chi connectivity index (χ1v) is 9.53. The molecule has 1 atom stereocenters. The number of amides is 1. The van der Waals surface area contributed by atoms with Crippen LogP contribution in [0.2, 0.25) is 0 Å². The highest BCUT2D eigenvalue weighted by atomic mass is 32.2. The molecular formula is C14H29N3O3S. The first kappa shape index (κ1) is 18.4. The molecule has 1 rings (SSSR count). The molecule has 1 amide bonds. The molecule has 1 heterocycles. The molecule has 2 N–H and O–H groups in total. The minimum atomic E-state index is -3.15. The van der Waals surface area contributed by atoms with Crippen LogP contribution in [0.25, 0.3) is 0 Å². The Morgan fingerprint density at radius 3 is 2.52 bits per heavy atom. The van der Waals surface area contributed by atoms with Crippen molar-refractivity contribution >= 4 is 15.9 Å². The van der Waals surface area contributed by atoms with Crippen molar-refractivity contribution in [2.75, 3.05) is 39.0 Å². The van der Waals surface area contributed by atoms with Crippen molar-refractivity contribution in [1.82, 2.24) is 14.9 Å². The van der Waals surface area contributed by atoms with Gasteiger partial charge in [0.2, 0.25) is 15.9 Å². The van der Waals surface area contributed by atoms with Crippen LogP contribution in [0, 0.1) is 11.3 Å². The number of rotatable bonds is 8. The molecule has 0 spiro atoms. The molecule has 1 saturated heterocycles. The van der Waals surface area contributed by atoms with Gasteiger partial charge in [0.05, 0.1) is 11.7 Å². The SMILES string of the molecule is CCN(CCCNC(=O)C1(C(C)C)CCNC1)S(C)(=O)=O. The van der Waals surface area contributed by atoms with E-state index in [1.807, 2.05) is 6.92 Å². The van der Waals surface area contributed by atoms with Crippen molar-refractivity contribution in [1.29, 1.82) is 0 Å². The van der Waals surface area contributed by atoms with Gasteiger partial charge in [-0.05, 0) is 25.3 Å². The second-order valence-electron chi connectivity index (χ2n) is 6.10. The lowest BCUT2D eigenvalue weighted by Gasteiger charge is -2.31. The Hall–Kier alpha value is -0.660. The Labute approximate surface area is 128 Å². The van der Waals surface area contributed by atoms with Crippen LogP contribution in [0.4, 0.5) is 0 Å². The maximum absolute atomic E-state index is 12.4.